The molecule has 2 aromatic heterocycles. The van der Waals surface area contributed by atoms with Gasteiger partial charge in [0.15, 0.2) is 5.76 Å². The molecule has 1 aliphatic rings. The first kappa shape index (κ1) is 18.4. The van der Waals surface area contributed by atoms with Crippen molar-refractivity contribution in [2.45, 2.75) is 43.9 Å². The number of hydrogen-bond acceptors (Lipinski definition) is 5. The molecule has 4 rings (SSSR count). The van der Waals surface area contributed by atoms with Gasteiger partial charge in [-0.05, 0) is 42.7 Å². The van der Waals surface area contributed by atoms with E-state index in [9.17, 15) is 9.18 Å². The Balaban J connectivity index is 1.32. The second-order valence-electron chi connectivity index (χ2n) is 7.26. The number of nitrogens with zero attached hydrogens (tertiary/aromatic N) is 2. The van der Waals surface area contributed by atoms with Crippen LogP contribution in [0.4, 0.5) is 4.39 Å². The summed E-state index contributed by atoms with van der Waals surface area (Å²) in [4.78, 5) is 16.6. The first-order valence-electron chi connectivity index (χ1n) is 9.54. The molecular weight excluding hydrogens is 361 g/mol. The lowest BCUT2D eigenvalue weighted by Crippen LogP contribution is -2.39. The van der Waals surface area contributed by atoms with Crippen LogP contribution in [0.2, 0.25) is 0 Å². The Morgan fingerprint density at radius 3 is 2.68 bits per heavy atom. The largest absolute Gasteiger partial charge is 0.461 e. The highest BCUT2D eigenvalue weighted by Crippen LogP contribution is 2.40. The smallest absolute Gasteiger partial charge is 0.238 e. The van der Waals surface area contributed by atoms with Gasteiger partial charge in [-0.3, -0.25) is 4.79 Å². The van der Waals surface area contributed by atoms with Crippen molar-refractivity contribution in [2.24, 2.45) is 0 Å². The van der Waals surface area contributed by atoms with Crippen molar-refractivity contribution in [1.82, 2.24) is 15.5 Å². The molecule has 1 amide bonds. The highest BCUT2D eigenvalue weighted by molar-refractivity contribution is 5.76. The fourth-order valence-corrected chi connectivity index (χ4v) is 3.86. The van der Waals surface area contributed by atoms with E-state index < -0.39 is 0 Å². The van der Waals surface area contributed by atoms with Crippen molar-refractivity contribution in [3.05, 3.63) is 59.9 Å². The van der Waals surface area contributed by atoms with E-state index in [1.165, 1.54) is 12.1 Å². The van der Waals surface area contributed by atoms with Crippen molar-refractivity contribution < 1.29 is 18.1 Å². The Hall–Kier alpha value is -2.96. The number of nitrogens with one attached hydrogen (secondary N) is 1. The lowest BCUT2D eigenvalue weighted by Gasteiger charge is -2.30. The Bertz CT molecular complexity index is 913. The normalized spacial score (nSPS) is 15.6. The van der Waals surface area contributed by atoms with Crippen LogP contribution >= 0.6 is 0 Å². The molecule has 3 aromatic rings. The fraction of sp³-hybridized carbons (Fsp3) is 0.381. The van der Waals surface area contributed by atoms with Crippen LogP contribution in [0.1, 0.15) is 43.6 Å². The molecule has 0 bridgehead atoms. The molecule has 6 nitrogen and oxygen atoms in total. The summed E-state index contributed by atoms with van der Waals surface area (Å²) in [5, 5.41) is 6.90. The summed E-state index contributed by atoms with van der Waals surface area (Å²) in [5.41, 5.74) is 0.979. The third-order valence-electron chi connectivity index (χ3n) is 5.42. The van der Waals surface area contributed by atoms with Crippen molar-refractivity contribution in [3.63, 3.8) is 0 Å². The zero-order valence-corrected chi connectivity index (χ0v) is 15.5. The van der Waals surface area contributed by atoms with Crippen LogP contribution in [0.3, 0.4) is 0 Å². The highest BCUT2D eigenvalue weighted by atomic mass is 19.1. The molecule has 1 aromatic carbocycles. The molecule has 0 aliphatic heterocycles. The number of furan rings is 1. The maximum atomic E-state index is 13.3. The molecule has 0 atom stereocenters. The first-order chi connectivity index (χ1) is 13.6. The quantitative estimate of drug-likeness (QED) is 0.666. The van der Waals surface area contributed by atoms with E-state index >= 15 is 0 Å². The molecule has 28 heavy (non-hydrogen) atoms. The second-order valence-corrected chi connectivity index (χ2v) is 7.26. The van der Waals surface area contributed by atoms with Gasteiger partial charge in [0.25, 0.3) is 0 Å². The summed E-state index contributed by atoms with van der Waals surface area (Å²) in [6.45, 7) is 0.555. The molecular formula is C21H22FN3O3. The topological polar surface area (TPSA) is 81.2 Å². The molecule has 1 saturated carbocycles. The van der Waals surface area contributed by atoms with E-state index in [1.54, 1.807) is 18.4 Å². The van der Waals surface area contributed by atoms with E-state index in [4.69, 9.17) is 8.94 Å². The molecule has 1 aliphatic carbocycles. The van der Waals surface area contributed by atoms with Gasteiger partial charge in [-0.2, -0.15) is 4.98 Å². The zero-order valence-electron chi connectivity index (χ0n) is 15.5. The SMILES string of the molecule is O=C(CCc1nc(-c2ccco2)no1)NCC1(c2ccc(F)cc2)CCCC1. The summed E-state index contributed by atoms with van der Waals surface area (Å²) in [6.07, 6.45) is 6.39. The van der Waals surface area contributed by atoms with Crippen LogP contribution in [0, 0.1) is 5.82 Å². The van der Waals surface area contributed by atoms with Gasteiger partial charge in [-0.15, -0.1) is 0 Å². The molecule has 1 N–H and O–H groups in total. The molecule has 0 saturated heterocycles. The van der Waals surface area contributed by atoms with Gasteiger partial charge >= 0.3 is 0 Å². The summed E-state index contributed by atoms with van der Waals surface area (Å²) in [5.74, 6) is 1.000. The Morgan fingerprint density at radius 1 is 1.18 bits per heavy atom. The summed E-state index contributed by atoms with van der Waals surface area (Å²) in [7, 11) is 0. The molecule has 146 valence electrons. The lowest BCUT2D eigenvalue weighted by atomic mass is 9.79. The third kappa shape index (κ3) is 3.98. The van der Waals surface area contributed by atoms with Gasteiger partial charge in [0.05, 0.1) is 6.26 Å². The van der Waals surface area contributed by atoms with Crippen LogP contribution < -0.4 is 5.32 Å². The lowest BCUT2D eigenvalue weighted by molar-refractivity contribution is -0.121. The van der Waals surface area contributed by atoms with Gasteiger partial charge in [0.1, 0.15) is 5.82 Å². The molecule has 0 radical (unpaired) electrons. The minimum absolute atomic E-state index is 0.0638. The van der Waals surface area contributed by atoms with Gasteiger partial charge in [-0.25, -0.2) is 4.39 Å². The number of rotatable bonds is 7. The summed E-state index contributed by atoms with van der Waals surface area (Å²) >= 11 is 0. The number of aromatic nitrogens is 2. The van der Waals surface area contributed by atoms with Crippen LogP contribution in [-0.2, 0) is 16.6 Å². The Labute approximate surface area is 162 Å². The molecule has 2 heterocycles. The number of aryl methyl sites for hydroxylation is 1. The summed E-state index contributed by atoms with van der Waals surface area (Å²) < 4.78 is 23.7. The average Bonchev–Trinajstić information content (AvgIpc) is 3.47. The second kappa shape index (κ2) is 7.96. The Kier molecular flexibility index (Phi) is 5.23. The Morgan fingerprint density at radius 2 is 1.96 bits per heavy atom. The molecule has 0 unspecified atom stereocenters. The number of amides is 1. The predicted molar refractivity (Wildman–Crippen MR) is 99.9 cm³/mol. The number of hydrogen-bond donors (Lipinski definition) is 1. The average molecular weight is 383 g/mol. The van der Waals surface area contributed by atoms with E-state index in [1.807, 2.05) is 12.1 Å². The highest BCUT2D eigenvalue weighted by Gasteiger charge is 2.35. The van der Waals surface area contributed by atoms with Crippen molar-refractivity contribution in [3.8, 4) is 11.6 Å². The van der Waals surface area contributed by atoms with Crippen LogP contribution in [0.5, 0.6) is 0 Å². The van der Waals surface area contributed by atoms with Crippen LogP contribution in [-0.4, -0.2) is 22.6 Å². The standard InChI is InChI=1S/C21H22FN3O3/c22-16-7-5-15(6-8-16)21(11-1-2-12-21)14-23-18(26)9-10-19-24-20(25-28-19)17-4-3-13-27-17/h3-8,13H,1-2,9-12,14H2,(H,23,26). The first-order valence-corrected chi connectivity index (χ1v) is 9.54. The fourth-order valence-electron chi connectivity index (χ4n) is 3.86. The van der Waals surface area contributed by atoms with Crippen LogP contribution in [0.25, 0.3) is 11.6 Å². The number of benzene rings is 1. The third-order valence-corrected chi connectivity index (χ3v) is 5.42. The molecule has 7 heteroatoms. The maximum Gasteiger partial charge on any atom is 0.238 e. The monoisotopic (exact) mass is 383 g/mol. The van der Waals surface area contributed by atoms with Crippen molar-refractivity contribution in [1.29, 1.82) is 0 Å². The van der Waals surface area contributed by atoms with E-state index in [-0.39, 0.29) is 23.6 Å². The number of carbonyl (C=O) groups is 1. The summed E-state index contributed by atoms with van der Waals surface area (Å²) in [6, 6.07) is 10.1. The van der Waals surface area contributed by atoms with E-state index in [0.29, 0.717) is 30.4 Å². The van der Waals surface area contributed by atoms with Crippen molar-refractivity contribution >= 4 is 5.91 Å². The molecule has 0 spiro atoms. The minimum atomic E-state index is -0.241. The van der Waals surface area contributed by atoms with Gasteiger partial charge < -0.3 is 14.3 Å². The van der Waals surface area contributed by atoms with Gasteiger partial charge in [0, 0.05) is 24.8 Å². The number of carbonyl (C=O) groups excluding carboxylic acids is 1. The van der Waals surface area contributed by atoms with Gasteiger partial charge in [0.2, 0.25) is 17.6 Å². The van der Waals surface area contributed by atoms with Crippen LogP contribution in [0.15, 0.2) is 51.6 Å². The van der Waals surface area contributed by atoms with Gasteiger partial charge in [-0.1, -0.05) is 30.1 Å². The molecule has 1 fully saturated rings. The van der Waals surface area contributed by atoms with Crippen molar-refractivity contribution in [2.75, 3.05) is 6.54 Å². The number of halogens is 1. The maximum absolute atomic E-state index is 13.3. The van der Waals surface area contributed by atoms with E-state index in [0.717, 1.165) is 31.2 Å². The minimum Gasteiger partial charge on any atom is -0.461 e. The predicted octanol–water partition coefficient (Wildman–Crippen LogP) is 4.03. The zero-order chi connectivity index (χ0) is 19.4. The van der Waals surface area contributed by atoms with E-state index in [2.05, 4.69) is 15.5 Å².